The lowest BCUT2D eigenvalue weighted by atomic mass is 10.2. The average Bonchev–Trinajstić information content (AvgIpc) is 2.85. The standard InChI is InChI=1S/C14H13NOS/c1-11-4-6-12(7-5-11)15-9-8-13(16)14-3-2-10-17-14/h2-7,9-10H,8H2,1H3. The van der Waals surface area contributed by atoms with Crippen LogP contribution in [0.3, 0.4) is 0 Å². The Bertz CT molecular complexity index is 512. The van der Waals surface area contributed by atoms with Gasteiger partial charge in [0.25, 0.3) is 0 Å². The normalized spacial score (nSPS) is 10.9. The van der Waals surface area contributed by atoms with Crippen molar-refractivity contribution in [3.63, 3.8) is 0 Å². The number of hydrogen-bond donors (Lipinski definition) is 0. The molecule has 1 heterocycles. The van der Waals surface area contributed by atoms with Crippen LogP contribution in [0.2, 0.25) is 0 Å². The molecule has 0 N–H and O–H groups in total. The molecule has 0 saturated carbocycles. The van der Waals surface area contributed by atoms with Crippen molar-refractivity contribution in [3.05, 3.63) is 52.2 Å². The zero-order valence-corrected chi connectivity index (χ0v) is 10.4. The van der Waals surface area contributed by atoms with Gasteiger partial charge in [0.15, 0.2) is 5.78 Å². The highest BCUT2D eigenvalue weighted by molar-refractivity contribution is 7.12. The molecule has 0 aliphatic rings. The van der Waals surface area contributed by atoms with Crippen molar-refractivity contribution in [2.24, 2.45) is 4.99 Å². The lowest BCUT2D eigenvalue weighted by Gasteiger charge is -1.94. The van der Waals surface area contributed by atoms with Crippen molar-refractivity contribution < 1.29 is 4.79 Å². The van der Waals surface area contributed by atoms with E-state index in [0.717, 1.165) is 10.6 Å². The summed E-state index contributed by atoms with van der Waals surface area (Å²) in [4.78, 5) is 16.7. The van der Waals surface area contributed by atoms with Crippen LogP contribution in [0.5, 0.6) is 0 Å². The first-order valence-electron chi connectivity index (χ1n) is 5.41. The van der Waals surface area contributed by atoms with Crippen molar-refractivity contribution in [3.8, 4) is 0 Å². The fourth-order valence-corrected chi connectivity index (χ4v) is 2.08. The molecule has 0 unspecified atom stereocenters. The summed E-state index contributed by atoms with van der Waals surface area (Å²) in [5.41, 5.74) is 2.09. The number of aliphatic imine (C=N–C) groups is 1. The molecule has 0 spiro atoms. The van der Waals surface area contributed by atoms with E-state index in [-0.39, 0.29) is 5.78 Å². The zero-order valence-electron chi connectivity index (χ0n) is 9.59. The molecule has 2 nitrogen and oxygen atoms in total. The average molecular weight is 243 g/mol. The number of aryl methyl sites for hydroxylation is 1. The lowest BCUT2D eigenvalue weighted by Crippen LogP contribution is -1.95. The van der Waals surface area contributed by atoms with E-state index < -0.39 is 0 Å². The van der Waals surface area contributed by atoms with Crippen LogP contribution in [0.15, 0.2) is 46.8 Å². The van der Waals surface area contributed by atoms with Gasteiger partial charge in [0.05, 0.1) is 10.6 Å². The van der Waals surface area contributed by atoms with Crippen molar-refractivity contribution in [2.75, 3.05) is 0 Å². The number of benzene rings is 1. The number of rotatable bonds is 4. The van der Waals surface area contributed by atoms with E-state index in [0.29, 0.717) is 6.42 Å². The molecule has 0 atom stereocenters. The second-order valence-corrected chi connectivity index (χ2v) is 4.70. The molecule has 0 bridgehead atoms. The van der Waals surface area contributed by atoms with E-state index in [1.807, 2.05) is 48.7 Å². The summed E-state index contributed by atoms with van der Waals surface area (Å²) in [6, 6.07) is 11.6. The smallest absolute Gasteiger partial charge is 0.178 e. The Balaban J connectivity index is 1.94. The first kappa shape index (κ1) is 11.7. The first-order chi connectivity index (χ1) is 8.25. The SMILES string of the molecule is Cc1ccc(N=CCC(=O)c2cccs2)cc1. The Kier molecular flexibility index (Phi) is 3.83. The summed E-state index contributed by atoms with van der Waals surface area (Å²) >= 11 is 1.47. The summed E-state index contributed by atoms with van der Waals surface area (Å²) in [6.07, 6.45) is 2.03. The van der Waals surface area contributed by atoms with Crippen LogP contribution in [0.1, 0.15) is 21.7 Å². The van der Waals surface area contributed by atoms with Crippen LogP contribution in [0.25, 0.3) is 0 Å². The van der Waals surface area contributed by atoms with Gasteiger partial charge >= 0.3 is 0 Å². The second-order valence-electron chi connectivity index (χ2n) is 3.75. The Morgan fingerprint density at radius 1 is 1.29 bits per heavy atom. The molecule has 2 rings (SSSR count). The van der Waals surface area contributed by atoms with Crippen LogP contribution in [0, 0.1) is 6.92 Å². The Morgan fingerprint density at radius 2 is 2.06 bits per heavy atom. The molecular weight excluding hydrogens is 230 g/mol. The topological polar surface area (TPSA) is 29.4 Å². The number of hydrogen-bond acceptors (Lipinski definition) is 3. The molecule has 0 amide bonds. The maximum absolute atomic E-state index is 11.7. The summed E-state index contributed by atoms with van der Waals surface area (Å²) in [5.74, 6) is 0.121. The maximum Gasteiger partial charge on any atom is 0.178 e. The molecule has 0 aliphatic carbocycles. The van der Waals surface area contributed by atoms with Crippen LogP contribution in [0.4, 0.5) is 5.69 Å². The summed E-state index contributed by atoms with van der Waals surface area (Å²) in [7, 11) is 0. The maximum atomic E-state index is 11.7. The zero-order chi connectivity index (χ0) is 12.1. The fourth-order valence-electron chi connectivity index (χ4n) is 1.40. The molecule has 0 fully saturated rings. The predicted molar refractivity (Wildman–Crippen MR) is 72.6 cm³/mol. The summed E-state index contributed by atoms with van der Waals surface area (Å²) in [5, 5.41) is 1.91. The summed E-state index contributed by atoms with van der Waals surface area (Å²) in [6.45, 7) is 2.04. The van der Waals surface area contributed by atoms with Gasteiger partial charge in [-0.05, 0) is 30.5 Å². The van der Waals surface area contributed by atoms with Crippen molar-refractivity contribution in [1.29, 1.82) is 0 Å². The monoisotopic (exact) mass is 243 g/mol. The highest BCUT2D eigenvalue weighted by Crippen LogP contribution is 2.13. The Labute approximate surface area is 105 Å². The molecule has 1 aromatic heterocycles. The van der Waals surface area contributed by atoms with E-state index in [1.165, 1.54) is 16.9 Å². The number of thiophene rings is 1. The van der Waals surface area contributed by atoms with Crippen LogP contribution < -0.4 is 0 Å². The molecule has 1 aromatic carbocycles. The van der Waals surface area contributed by atoms with Gasteiger partial charge in [-0.3, -0.25) is 9.79 Å². The second kappa shape index (κ2) is 5.55. The molecule has 86 valence electrons. The van der Waals surface area contributed by atoms with Crippen molar-refractivity contribution in [2.45, 2.75) is 13.3 Å². The van der Waals surface area contributed by atoms with Gasteiger partial charge in [0, 0.05) is 12.6 Å². The number of Topliss-reactive ketones (excluding diaryl/α,β-unsaturated/α-hetero) is 1. The van der Waals surface area contributed by atoms with Crippen molar-refractivity contribution in [1.82, 2.24) is 0 Å². The third-order valence-corrected chi connectivity index (χ3v) is 3.26. The van der Waals surface area contributed by atoms with Gasteiger partial charge in [0.1, 0.15) is 0 Å². The number of nitrogens with zero attached hydrogens (tertiary/aromatic N) is 1. The van der Waals surface area contributed by atoms with E-state index >= 15 is 0 Å². The molecule has 0 aliphatic heterocycles. The Morgan fingerprint density at radius 3 is 2.71 bits per heavy atom. The molecule has 17 heavy (non-hydrogen) atoms. The predicted octanol–water partition coefficient (Wildman–Crippen LogP) is 4.03. The van der Waals surface area contributed by atoms with E-state index in [9.17, 15) is 4.79 Å². The largest absolute Gasteiger partial charge is 0.293 e. The molecule has 0 radical (unpaired) electrons. The van der Waals surface area contributed by atoms with Crippen LogP contribution in [-0.4, -0.2) is 12.0 Å². The van der Waals surface area contributed by atoms with Gasteiger partial charge in [-0.1, -0.05) is 23.8 Å². The quantitative estimate of drug-likeness (QED) is 0.589. The van der Waals surface area contributed by atoms with E-state index in [4.69, 9.17) is 0 Å². The highest BCUT2D eigenvalue weighted by Gasteiger charge is 2.03. The molecule has 2 aromatic rings. The van der Waals surface area contributed by atoms with E-state index in [1.54, 1.807) is 6.21 Å². The summed E-state index contributed by atoms with van der Waals surface area (Å²) < 4.78 is 0. The van der Waals surface area contributed by atoms with Gasteiger partial charge in [-0.15, -0.1) is 11.3 Å². The van der Waals surface area contributed by atoms with Crippen LogP contribution >= 0.6 is 11.3 Å². The minimum Gasteiger partial charge on any atom is -0.293 e. The van der Waals surface area contributed by atoms with Crippen LogP contribution in [-0.2, 0) is 0 Å². The number of ketones is 1. The van der Waals surface area contributed by atoms with Gasteiger partial charge < -0.3 is 0 Å². The fraction of sp³-hybridized carbons (Fsp3) is 0.143. The van der Waals surface area contributed by atoms with Crippen molar-refractivity contribution >= 4 is 29.0 Å². The first-order valence-corrected chi connectivity index (χ1v) is 6.29. The van der Waals surface area contributed by atoms with Gasteiger partial charge in [-0.25, -0.2) is 0 Å². The molecular formula is C14H13NOS. The molecule has 3 heteroatoms. The Hall–Kier alpha value is -1.74. The third-order valence-electron chi connectivity index (χ3n) is 2.35. The molecule has 0 saturated heterocycles. The minimum atomic E-state index is 0.121. The lowest BCUT2D eigenvalue weighted by molar-refractivity contribution is 0.101. The number of carbonyl (C=O) groups excluding carboxylic acids is 1. The highest BCUT2D eigenvalue weighted by atomic mass is 32.1. The third kappa shape index (κ3) is 3.36. The van der Waals surface area contributed by atoms with E-state index in [2.05, 4.69) is 4.99 Å². The minimum absolute atomic E-state index is 0.121. The van der Waals surface area contributed by atoms with Gasteiger partial charge in [-0.2, -0.15) is 0 Å². The number of carbonyl (C=O) groups is 1. The van der Waals surface area contributed by atoms with Gasteiger partial charge in [0.2, 0.25) is 0 Å².